The van der Waals surface area contributed by atoms with Gasteiger partial charge in [-0.25, -0.2) is 0 Å². The van der Waals surface area contributed by atoms with E-state index in [-0.39, 0.29) is 17.1 Å². The smallest absolute Gasteiger partial charge is 0.221 e. The number of anilines is 2. The Kier molecular flexibility index (Phi) is 5.03. The maximum absolute atomic E-state index is 12.1. The normalized spacial score (nSPS) is 24.0. The topological polar surface area (TPSA) is 49.4 Å². The Balaban J connectivity index is 1.63. The molecule has 2 aromatic rings. The number of rotatable bonds is 4. The van der Waals surface area contributed by atoms with Gasteiger partial charge < -0.3 is 10.2 Å². The van der Waals surface area contributed by atoms with Crippen LogP contribution in [0.15, 0.2) is 66.7 Å². The Morgan fingerprint density at radius 1 is 1.18 bits per heavy atom. The Bertz CT molecular complexity index is 906. The molecule has 2 atom stereocenters. The highest BCUT2D eigenvalue weighted by atomic mass is 16.1. The fourth-order valence-electron chi connectivity index (χ4n) is 4.67. The van der Waals surface area contributed by atoms with Gasteiger partial charge in [-0.05, 0) is 48.6 Å². The van der Waals surface area contributed by atoms with Crippen molar-refractivity contribution in [3.05, 3.63) is 72.3 Å². The van der Waals surface area contributed by atoms with Gasteiger partial charge in [0.15, 0.2) is 5.78 Å². The van der Waals surface area contributed by atoms with Crippen LogP contribution in [0.2, 0.25) is 0 Å². The first-order chi connectivity index (χ1) is 13.5. The van der Waals surface area contributed by atoms with E-state index in [9.17, 15) is 9.59 Å². The van der Waals surface area contributed by atoms with Crippen LogP contribution in [0.1, 0.15) is 25.3 Å². The van der Waals surface area contributed by atoms with Crippen molar-refractivity contribution in [2.24, 2.45) is 11.3 Å². The Morgan fingerprint density at radius 2 is 2.00 bits per heavy atom. The second kappa shape index (κ2) is 7.63. The summed E-state index contributed by atoms with van der Waals surface area (Å²) in [4.78, 5) is 25.9. The predicted molar refractivity (Wildman–Crippen MR) is 112 cm³/mol. The maximum atomic E-state index is 12.1. The minimum absolute atomic E-state index is 0.0441. The van der Waals surface area contributed by atoms with Crippen molar-refractivity contribution in [3.8, 4) is 0 Å². The second-order valence-corrected chi connectivity index (χ2v) is 8.04. The minimum Gasteiger partial charge on any atom is -0.371 e. The zero-order valence-corrected chi connectivity index (χ0v) is 16.2. The quantitative estimate of drug-likeness (QED) is 0.871. The van der Waals surface area contributed by atoms with Crippen molar-refractivity contribution >= 4 is 23.1 Å². The van der Waals surface area contributed by atoms with Crippen molar-refractivity contribution in [2.45, 2.75) is 26.2 Å². The summed E-state index contributed by atoms with van der Waals surface area (Å²) in [7, 11) is 0. The largest absolute Gasteiger partial charge is 0.371 e. The SMILES string of the molecule is CC(=O)Nc1cccc(N2CCC3CC(=O)C=CC3(Cc3ccccc3)C2)c1. The van der Waals surface area contributed by atoms with Gasteiger partial charge in [0, 0.05) is 43.2 Å². The highest BCUT2D eigenvalue weighted by Crippen LogP contribution is 2.45. The van der Waals surface area contributed by atoms with E-state index in [4.69, 9.17) is 0 Å². The molecule has 2 aromatic carbocycles. The summed E-state index contributed by atoms with van der Waals surface area (Å²) >= 11 is 0. The number of allylic oxidation sites excluding steroid dienone is 1. The first-order valence-corrected chi connectivity index (χ1v) is 9.93. The number of hydrogen-bond acceptors (Lipinski definition) is 3. The van der Waals surface area contributed by atoms with Crippen molar-refractivity contribution in [2.75, 3.05) is 23.3 Å². The number of amides is 1. The molecule has 0 aromatic heterocycles. The molecule has 0 radical (unpaired) electrons. The third-order valence-corrected chi connectivity index (χ3v) is 6.00. The molecule has 4 nitrogen and oxygen atoms in total. The highest BCUT2D eigenvalue weighted by molar-refractivity contribution is 5.91. The molecular formula is C24H26N2O2. The number of hydrogen-bond donors (Lipinski definition) is 1. The molecule has 1 amide bonds. The summed E-state index contributed by atoms with van der Waals surface area (Å²) in [6.45, 7) is 3.32. The Morgan fingerprint density at radius 3 is 2.79 bits per heavy atom. The van der Waals surface area contributed by atoms with Gasteiger partial charge in [-0.2, -0.15) is 0 Å². The lowest BCUT2D eigenvalue weighted by Crippen LogP contribution is -2.51. The van der Waals surface area contributed by atoms with Gasteiger partial charge in [-0.3, -0.25) is 9.59 Å². The molecule has 1 fully saturated rings. The van der Waals surface area contributed by atoms with Crippen LogP contribution in [0.3, 0.4) is 0 Å². The molecule has 0 saturated carbocycles. The molecule has 144 valence electrons. The summed E-state index contributed by atoms with van der Waals surface area (Å²) in [6, 6.07) is 18.6. The van der Waals surface area contributed by atoms with Crippen molar-refractivity contribution in [1.82, 2.24) is 0 Å². The number of carbonyl (C=O) groups excluding carboxylic acids is 2. The second-order valence-electron chi connectivity index (χ2n) is 8.04. The molecule has 28 heavy (non-hydrogen) atoms. The van der Waals surface area contributed by atoms with Crippen LogP contribution in [0.4, 0.5) is 11.4 Å². The summed E-state index contributed by atoms with van der Waals surface area (Å²) < 4.78 is 0. The third kappa shape index (κ3) is 3.86. The zero-order valence-electron chi connectivity index (χ0n) is 16.2. The van der Waals surface area contributed by atoms with E-state index >= 15 is 0 Å². The zero-order chi connectivity index (χ0) is 19.6. The number of piperidine rings is 1. The molecule has 1 heterocycles. The monoisotopic (exact) mass is 374 g/mol. The molecule has 0 spiro atoms. The number of benzene rings is 2. The Labute approximate surface area is 166 Å². The average Bonchev–Trinajstić information content (AvgIpc) is 2.68. The van der Waals surface area contributed by atoms with Gasteiger partial charge in [-0.1, -0.05) is 42.5 Å². The number of carbonyl (C=O) groups is 2. The van der Waals surface area contributed by atoms with Gasteiger partial charge in [0.1, 0.15) is 0 Å². The molecule has 2 aliphatic rings. The van der Waals surface area contributed by atoms with Crippen LogP contribution in [0, 0.1) is 11.3 Å². The fraction of sp³-hybridized carbons (Fsp3) is 0.333. The van der Waals surface area contributed by atoms with E-state index in [1.54, 1.807) is 6.08 Å². The number of nitrogens with zero attached hydrogens (tertiary/aromatic N) is 1. The molecule has 1 N–H and O–H groups in total. The van der Waals surface area contributed by atoms with Crippen LogP contribution in [-0.2, 0) is 16.0 Å². The molecule has 0 bridgehead atoms. The summed E-state index contributed by atoms with van der Waals surface area (Å²) in [6.07, 6.45) is 6.53. The molecule has 1 saturated heterocycles. The summed E-state index contributed by atoms with van der Waals surface area (Å²) in [5, 5.41) is 2.87. The van der Waals surface area contributed by atoms with Gasteiger partial charge >= 0.3 is 0 Å². The minimum atomic E-state index is -0.0647. The summed E-state index contributed by atoms with van der Waals surface area (Å²) in [5.41, 5.74) is 3.19. The maximum Gasteiger partial charge on any atom is 0.221 e. The average molecular weight is 374 g/mol. The number of ketones is 1. The molecule has 4 heteroatoms. The van der Waals surface area contributed by atoms with E-state index in [1.165, 1.54) is 12.5 Å². The third-order valence-electron chi connectivity index (χ3n) is 6.00. The number of nitrogens with one attached hydrogen (secondary N) is 1. The first kappa shape index (κ1) is 18.5. The molecule has 1 aliphatic heterocycles. The van der Waals surface area contributed by atoms with Crippen LogP contribution < -0.4 is 10.2 Å². The van der Waals surface area contributed by atoms with E-state index < -0.39 is 0 Å². The predicted octanol–water partition coefficient (Wildman–Crippen LogP) is 4.23. The van der Waals surface area contributed by atoms with E-state index in [0.29, 0.717) is 12.3 Å². The van der Waals surface area contributed by atoms with E-state index in [1.807, 2.05) is 24.3 Å². The molecular weight excluding hydrogens is 348 g/mol. The highest BCUT2D eigenvalue weighted by Gasteiger charge is 2.44. The van der Waals surface area contributed by atoms with Crippen LogP contribution in [-0.4, -0.2) is 24.8 Å². The van der Waals surface area contributed by atoms with Crippen LogP contribution in [0.5, 0.6) is 0 Å². The van der Waals surface area contributed by atoms with Gasteiger partial charge in [0.25, 0.3) is 0 Å². The van der Waals surface area contributed by atoms with Gasteiger partial charge in [0.2, 0.25) is 5.91 Å². The Hall–Kier alpha value is -2.88. The fourth-order valence-corrected chi connectivity index (χ4v) is 4.67. The van der Waals surface area contributed by atoms with Crippen molar-refractivity contribution < 1.29 is 9.59 Å². The van der Waals surface area contributed by atoms with Crippen molar-refractivity contribution in [3.63, 3.8) is 0 Å². The van der Waals surface area contributed by atoms with Gasteiger partial charge in [0.05, 0.1) is 0 Å². The van der Waals surface area contributed by atoms with Crippen LogP contribution >= 0.6 is 0 Å². The lowest BCUT2D eigenvalue weighted by atomic mass is 9.63. The van der Waals surface area contributed by atoms with Crippen LogP contribution in [0.25, 0.3) is 0 Å². The van der Waals surface area contributed by atoms with E-state index in [0.717, 1.165) is 37.3 Å². The lowest BCUT2D eigenvalue weighted by molar-refractivity contribution is -0.117. The molecule has 1 aliphatic carbocycles. The van der Waals surface area contributed by atoms with Gasteiger partial charge in [-0.15, -0.1) is 0 Å². The van der Waals surface area contributed by atoms with Crippen molar-refractivity contribution in [1.29, 1.82) is 0 Å². The number of fused-ring (bicyclic) bond motifs is 1. The summed E-state index contributed by atoms with van der Waals surface area (Å²) in [5.74, 6) is 0.555. The van der Waals surface area contributed by atoms with E-state index in [2.05, 4.69) is 46.6 Å². The standard InChI is InChI=1S/C24H26N2O2/c1-18(27)25-21-8-5-9-22(15-21)26-13-11-20-14-23(28)10-12-24(20,17-26)16-19-6-3-2-4-7-19/h2-10,12,15,20H,11,13-14,16-17H2,1H3,(H,25,27). The lowest BCUT2D eigenvalue weighted by Gasteiger charge is -2.49. The molecule has 4 rings (SSSR count). The molecule has 2 unspecified atom stereocenters. The first-order valence-electron chi connectivity index (χ1n) is 9.93.